The molecule has 0 bridgehead atoms. The Kier molecular flexibility index (Phi) is 5.84. The Bertz CT molecular complexity index is 609. The van der Waals surface area contributed by atoms with Crippen molar-refractivity contribution in [2.45, 2.75) is 36.7 Å². The normalized spacial score (nSPS) is 22.7. The predicted molar refractivity (Wildman–Crippen MR) is 92.0 cm³/mol. The monoisotopic (exact) mass is 340 g/mol. The van der Waals surface area contributed by atoms with Crippen LogP contribution in [0.25, 0.3) is 0 Å². The highest BCUT2D eigenvalue weighted by molar-refractivity contribution is 7.90. The van der Waals surface area contributed by atoms with E-state index in [1.165, 1.54) is 12.7 Å². The Balaban J connectivity index is 2.06. The maximum absolute atomic E-state index is 11.5. The number of benzene rings is 1. The third-order valence-corrected chi connectivity index (χ3v) is 5.74. The summed E-state index contributed by atoms with van der Waals surface area (Å²) in [4.78, 5) is 2.56. The number of nitrogens with zero attached hydrogens (tertiary/aromatic N) is 1. The molecule has 1 heterocycles. The fourth-order valence-electron chi connectivity index (χ4n) is 3.35. The summed E-state index contributed by atoms with van der Waals surface area (Å²) in [6.45, 7) is 5.00. The van der Waals surface area contributed by atoms with Gasteiger partial charge in [-0.1, -0.05) is 12.1 Å². The molecule has 3 N–H and O–H groups in total. The molecule has 0 radical (unpaired) electrons. The first-order valence-corrected chi connectivity index (χ1v) is 10.1. The van der Waals surface area contributed by atoms with E-state index in [2.05, 4.69) is 4.90 Å². The van der Waals surface area contributed by atoms with Gasteiger partial charge in [-0.05, 0) is 62.9 Å². The second kappa shape index (κ2) is 7.30. The van der Waals surface area contributed by atoms with Crippen LogP contribution >= 0.6 is 0 Å². The first-order valence-electron chi connectivity index (χ1n) is 8.18. The topological polar surface area (TPSA) is 83.6 Å². The zero-order chi connectivity index (χ0) is 17.1. The maximum Gasteiger partial charge on any atom is 0.175 e. The number of rotatable bonds is 6. The van der Waals surface area contributed by atoms with Crippen LogP contribution in [0.4, 0.5) is 0 Å². The van der Waals surface area contributed by atoms with E-state index in [-0.39, 0.29) is 4.90 Å². The van der Waals surface area contributed by atoms with Gasteiger partial charge in [-0.15, -0.1) is 0 Å². The molecule has 0 aliphatic carbocycles. The molecule has 0 spiro atoms. The molecule has 1 saturated heterocycles. The average molecular weight is 340 g/mol. The highest BCUT2D eigenvalue weighted by Crippen LogP contribution is 2.26. The van der Waals surface area contributed by atoms with Crippen molar-refractivity contribution in [2.75, 3.05) is 32.4 Å². The molecular formula is C17H28N2O3S. The number of hydrogen-bond acceptors (Lipinski definition) is 5. The van der Waals surface area contributed by atoms with E-state index in [1.54, 1.807) is 31.2 Å². The average Bonchev–Trinajstić information content (AvgIpc) is 2.47. The van der Waals surface area contributed by atoms with Crippen LogP contribution in [0.5, 0.6) is 0 Å². The van der Waals surface area contributed by atoms with Crippen LogP contribution in [0.3, 0.4) is 0 Å². The van der Waals surface area contributed by atoms with E-state index in [0.29, 0.717) is 19.0 Å². The fourth-order valence-corrected chi connectivity index (χ4v) is 3.98. The smallest absolute Gasteiger partial charge is 0.175 e. The second-order valence-electron chi connectivity index (χ2n) is 6.89. The van der Waals surface area contributed by atoms with Gasteiger partial charge in [0.1, 0.15) is 0 Å². The third-order valence-electron chi connectivity index (χ3n) is 4.61. The molecule has 1 aliphatic heterocycles. The van der Waals surface area contributed by atoms with E-state index in [9.17, 15) is 13.5 Å². The van der Waals surface area contributed by atoms with E-state index >= 15 is 0 Å². The van der Waals surface area contributed by atoms with Crippen molar-refractivity contribution < 1.29 is 13.5 Å². The highest BCUT2D eigenvalue weighted by Gasteiger charge is 2.29. The number of β-amino-alcohol motifs (C(OH)–C–C–N with tert-alkyl or cyclic N) is 1. The van der Waals surface area contributed by atoms with Crippen molar-refractivity contribution in [3.63, 3.8) is 0 Å². The molecule has 23 heavy (non-hydrogen) atoms. The van der Waals surface area contributed by atoms with Crippen LogP contribution in [0, 0.1) is 5.92 Å². The molecule has 0 saturated carbocycles. The van der Waals surface area contributed by atoms with Gasteiger partial charge in [-0.3, -0.25) is 4.90 Å². The number of hydrogen-bond donors (Lipinski definition) is 2. The Labute approximate surface area is 139 Å². The summed E-state index contributed by atoms with van der Waals surface area (Å²) in [6, 6.07) is 6.54. The minimum atomic E-state index is -3.21. The molecule has 2 unspecified atom stereocenters. The Morgan fingerprint density at radius 3 is 2.57 bits per heavy atom. The lowest BCUT2D eigenvalue weighted by molar-refractivity contribution is 0.00275. The van der Waals surface area contributed by atoms with Crippen LogP contribution in [0.15, 0.2) is 29.2 Å². The van der Waals surface area contributed by atoms with Gasteiger partial charge in [-0.2, -0.15) is 0 Å². The van der Waals surface area contributed by atoms with Crippen molar-refractivity contribution in [3.8, 4) is 0 Å². The van der Waals surface area contributed by atoms with E-state index in [0.717, 1.165) is 31.5 Å². The van der Waals surface area contributed by atoms with Crippen LogP contribution in [0.1, 0.15) is 31.7 Å². The van der Waals surface area contributed by atoms with Gasteiger partial charge in [0.05, 0.1) is 10.5 Å². The van der Waals surface area contributed by atoms with E-state index in [1.807, 2.05) is 0 Å². The number of sulfone groups is 1. The minimum absolute atomic E-state index is 0.276. The molecule has 2 rings (SSSR count). The van der Waals surface area contributed by atoms with Gasteiger partial charge >= 0.3 is 0 Å². The minimum Gasteiger partial charge on any atom is -0.384 e. The number of nitrogens with two attached hydrogens (primary N) is 1. The quantitative estimate of drug-likeness (QED) is 0.817. The molecule has 0 amide bonds. The van der Waals surface area contributed by atoms with Crippen molar-refractivity contribution in [1.29, 1.82) is 0 Å². The highest BCUT2D eigenvalue weighted by atomic mass is 32.2. The number of piperidine rings is 1. The zero-order valence-corrected chi connectivity index (χ0v) is 14.8. The molecule has 1 aliphatic rings. The van der Waals surface area contributed by atoms with E-state index < -0.39 is 15.4 Å². The van der Waals surface area contributed by atoms with Crippen molar-refractivity contribution >= 4 is 9.84 Å². The summed E-state index contributed by atoms with van der Waals surface area (Å²) in [5, 5.41) is 10.8. The lowest BCUT2D eigenvalue weighted by Gasteiger charge is -2.37. The summed E-state index contributed by atoms with van der Waals surface area (Å²) < 4.78 is 23.1. The number of likely N-dealkylation sites (tertiary alicyclic amines) is 1. The van der Waals surface area contributed by atoms with Crippen molar-refractivity contribution in [1.82, 2.24) is 4.90 Å². The number of aliphatic hydroxyl groups is 1. The van der Waals surface area contributed by atoms with Crippen LogP contribution in [-0.2, 0) is 15.4 Å². The van der Waals surface area contributed by atoms with Gasteiger partial charge < -0.3 is 10.8 Å². The van der Waals surface area contributed by atoms with Crippen LogP contribution in [-0.4, -0.2) is 50.9 Å². The van der Waals surface area contributed by atoms with Gasteiger partial charge in [0, 0.05) is 19.3 Å². The van der Waals surface area contributed by atoms with Gasteiger partial charge in [0.25, 0.3) is 0 Å². The predicted octanol–water partition coefficient (Wildman–Crippen LogP) is 1.36. The Morgan fingerprint density at radius 1 is 1.35 bits per heavy atom. The van der Waals surface area contributed by atoms with Gasteiger partial charge in [-0.25, -0.2) is 8.42 Å². The van der Waals surface area contributed by atoms with Crippen LogP contribution in [0.2, 0.25) is 0 Å². The van der Waals surface area contributed by atoms with E-state index in [4.69, 9.17) is 5.73 Å². The van der Waals surface area contributed by atoms with Crippen LogP contribution < -0.4 is 5.73 Å². The summed E-state index contributed by atoms with van der Waals surface area (Å²) in [5.41, 5.74) is 5.40. The first-order chi connectivity index (χ1) is 10.7. The Morgan fingerprint density at radius 2 is 2.00 bits per heavy atom. The largest absolute Gasteiger partial charge is 0.384 e. The maximum atomic E-state index is 11.5. The first kappa shape index (κ1) is 18.4. The van der Waals surface area contributed by atoms with Gasteiger partial charge in [0.15, 0.2) is 9.84 Å². The molecule has 1 aromatic carbocycles. The zero-order valence-electron chi connectivity index (χ0n) is 14.0. The van der Waals surface area contributed by atoms with Crippen molar-refractivity contribution in [3.05, 3.63) is 29.8 Å². The summed E-state index contributed by atoms with van der Waals surface area (Å²) in [6.07, 6.45) is 4.56. The second-order valence-corrected chi connectivity index (χ2v) is 8.91. The molecule has 5 nitrogen and oxygen atoms in total. The molecular weight excluding hydrogens is 312 g/mol. The molecule has 2 atom stereocenters. The fraction of sp³-hybridized carbons (Fsp3) is 0.647. The molecule has 6 heteroatoms. The van der Waals surface area contributed by atoms with Crippen molar-refractivity contribution in [2.24, 2.45) is 11.7 Å². The summed E-state index contributed by atoms with van der Waals surface area (Å²) in [7, 11) is -3.21. The molecule has 1 aromatic rings. The van der Waals surface area contributed by atoms with Gasteiger partial charge in [0.2, 0.25) is 0 Å². The molecule has 1 fully saturated rings. The molecule has 130 valence electrons. The SMILES string of the molecule is CC(O)(CN1CCCC(CCN)C1)c1ccc(S(C)(=O)=O)cc1. The molecule has 0 aromatic heterocycles. The summed E-state index contributed by atoms with van der Waals surface area (Å²) in [5.74, 6) is 0.608. The Hall–Kier alpha value is -0.950. The third kappa shape index (κ3) is 5.01. The lowest BCUT2D eigenvalue weighted by Crippen LogP contribution is -2.44. The lowest BCUT2D eigenvalue weighted by atomic mass is 9.91. The summed E-state index contributed by atoms with van der Waals surface area (Å²) >= 11 is 0. The standard InChI is InChI=1S/C17H28N2O3S/c1-17(20,13-19-11-3-4-14(12-19)9-10-18)15-5-7-16(8-6-15)23(2,21)22/h5-8,14,20H,3-4,9-13,18H2,1-2H3.